The van der Waals surface area contributed by atoms with Crippen molar-refractivity contribution in [1.29, 1.82) is 0 Å². The number of methoxy groups -OCH3 is 1. The van der Waals surface area contributed by atoms with Gasteiger partial charge in [-0.25, -0.2) is 0 Å². The topological polar surface area (TPSA) is 46.5 Å². The zero-order valence-corrected chi connectivity index (χ0v) is 16.2. The van der Waals surface area contributed by atoms with Gasteiger partial charge in [0.2, 0.25) is 0 Å². The summed E-state index contributed by atoms with van der Waals surface area (Å²) >= 11 is 0. The lowest BCUT2D eigenvalue weighted by Gasteiger charge is -2.28. The highest BCUT2D eigenvalue weighted by Crippen LogP contribution is 2.40. The lowest BCUT2D eigenvalue weighted by Crippen LogP contribution is -2.17. The second-order valence-corrected chi connectivity index (χ2v) is 8.51. The van der Waals surface area contributed by atoms with Crippen LogP contribution in [0.25, 0.3) is 6.08 Å². The van der Waals surface area contributed by atoms with Crippen LogP contribution in [-0.2, 0) is 20.4 Å². The Kier molecular flexibility index (Phi) is 4.99. The Balaban J connectivity index is 2.60. The smallest absolute Gasteiger partial charge is 0.189 e. The van der Waals surface area contributed by atoms with Crippen LogP contribution in [0, 0.1) is 0 Å². The van der Waals surface area contributed by atoms with Crippen molar-refractivity contribution in [3.63, 3.8) is 0 Å². The number of phenols is 1. The van der Waals surface area contributed by atoms with Gasteiger partial charge in [0.15, 0.2) is 5.78 Å². The fraction of sp³-hybridized carbons (Fsp3) is 0.409. The Morgan fingerprint density at radius 3 is 1.88 bits per heavy atom. The van der Waals surface area contributed by atoms with Crippen LogP contribution in [0.4, 0.5) is 0 Å². The molecule has 0 bridgehead atoms. The summed E-state index contributed by atoms with van der Waals surface area (Å²) in [5, 5.41) is 10.8. The third-order valence-electron chi connectivity index (χ3n) is 4.29. The first kappa shape index (κ1) is 19.0. The summed E-state index contributed by atoms with van der Waals surface area (Å²) in [5.41, 5.74) is 2.88. The zero-order valence-electron chi connectivity index (χ0n) is 16.2. The number of carbonyl (C=O) groups excluding carboxylic acids is 1. The summed E-state index contributed by atoms with van der Waals surface area (Å²) in [7, 11) is 1.54. The molecule has 1 aliphatic carbocycles. The van der Waals surface area contributed by atoms with Crippen LogP contribution in [0.5, 0.6) is 5.75 Å². The molecule has 0 aromatic heterocycles. The van der Waals surface area contributed by atoms with Gasteiger partial charge in [-0.05, 0) is 46.8 Å². The number of rotatable bonds is 2. The molecule has 0 heterocycles. The van der Waals surface area contributed by atoms with E-state index in [9.17, 15) is 9.90 Å². The van der Waals surface area contributed by atoms with E-state index in [1.165, 1.54) is 6.08 Å². The monoisotopic (exact) mass is 340 g/mol. The van der Waals surface area contributed by atoms with Crippen LogP contribution in [0.3, 0.4) is 0 Å². The van der Waals surface area contributed by atoms with Crippen LogP contribution >= 0.6 is 0 Å². The predicted molar refractivity (Wildman–Crippen MR) is 103 cm³/mol. The molecule has 0 saturated heterocycles. The van der Waals surface area contributed by atoms with Crippen LogP contribution in [-0.4, -0.2) is 18.0 Å². The number of allylic oxidation sites excluding steroid dienone is 4. The van der Waals surface area contributed by atoms with E-state index < -0.39 is 0 Å². The average Bonchev–Trinajstić information content (AvgIpc) is 2.48. The molecule has 0 saturated carbocycles. The molecule has 3 heteroatoms. The summed E-state index contributed by atoms with van der Waals surface area (Å²) in [4.78, 5) is 12.3. The second kappa shape index (κ2) is 6.55. The highest BCUT2D eigenvalue weighted by atomic mass is 16.5. The molecule has 1 N–H and O–H groups in total. The molecule has 0 aliphatic heterocycles. The van der Waals surface area contributed by atoms with Gasteiger partial charge >= 0.3 is 0 Å². The van der Waals surface area contributed by atoms with E-state index in [4.69, 9.17) is 4.74 Å². The van der Waals surface area contributed by atoms with Gasteiger partial charge in [-0.1, -0.05) is 41.5 Å². The minimum absolute atomic E-state index is 0.0814. The Labute approximate surface area is 150 Å². The molecular formula is C22H28O3. The molecule has 0 amide bonds. The molecule has 0 unspecified atom stereocenters. The molecule has 1 aromatic rings. The second-order valence-electron chi connectivity index (χ2n) is 8.51. The summed E-state index contributed by atoms with van der Waals surface area (Å²) in [6.07, 6.45) is 6.90. The number of aromatic hydroxyl groups is 1. The maximum atomic E-state index is 12.3. The summed E-state index contributed by atoms with van der Waals surface area (Å²) in [6, 6.07) is 3.93. The van der Waals surface area contributed by atoms with E-state index in [1.807, 2.05) is 18.2 Å². The molecule has 1 aliphatic rings. The maximum Gasteiger partial charge on any atom is 0.189 e. The maximum absolute atomic E-state index is 12.3. The number of carbonyl (C=O) groups is 1. The number of ether oxygens (including phenoxy) is 1. The van der Waals surface area contributed by atoms with E-state index in [-0.39, 0.29) is 16.6 Å². The van der Waals surface area contributed by atoms with Crippen molar-refractivity contribution < 1.29 is 14.6 Å². The largest absolute Gasteiger partial charge is 0.507 e. The summed E-state index contributed by atoms with van der Waals surface area (Å²) < 4.78 is 5.10. The molecule has 0 spiro atoms. The van der Waals surface area contributed by atoms with Gasteiger partial charge < -0.3 is 9.84 Å². The fourth-order valence-electron chi connectivity index (χ4n) is 2.82. The van der Waals surface area contributed by atoms with Gasteiger partial charge in [0, 0.05) is 22.8 Å². The van der Waals surface area contributed by atoms with Crippen molar-refractivity contribution >= 4 is 11.9 Å². The van der Waals surface area contributed by atoms with Gasteiger partial charge in [0.25, 0.3) is 0 Å². The summed E-state index contributed by atoms with van der Waals surface area (Å²) in [6.45, 7) is 12.4. The summed E-state index contributed by atoms with van der Waals surface area (Å²) in [5.74, 6) is 0.815. The van der Waals surface area contributed by atoms with Crippen LogP contribution in [0.2, 0.25) is 0 Å². The van der Waals surface area contributed by atoms with Crippen LogP contribution in [0.1, 0.15) is 58.2 Å². The van der Waals surface area contributed by atoms with Crippen molar-refractivity contribution in [2.45, 2.75) is 52.4 Å². The quantitative estimate of drug-likeness (QED) is 0.767. The predicted octanol–water partition coefficient (Wildman–Crippen LogP) is 5.04. The first-order chi connectivity index (χ1) is 11.4. The zero-order chi connectivity index (χ0) is 19.0. The SMILES string of the molecule is COC1=CC(=O)/C(=C/c2cc(C(C)(C)C)c(O)c(C(C)(C)C)c2)C=C1. The Morgan fingerprint density at radius 2 is 1.48 bits per heavy atom. The minimum atomic E-state index is -0.200. The first-order valence-corrected chi connectivity index (χ1v) is 8.51. The van der Waals surface area contributed by atoms with Crippen molar-refractivity contribution in [2.75, 3.05) is 7.11 Å². The van der Waals surface area contributed by atoms with Crippen LogP contribution < -0.4 is 0 Å². The van der Waals surface area contributed by atoms with Crippen molar-refractivity contribution in [3.05, 3.63) is 58.4 Å². The molecule has 2 rings (SSSR count). The van der Waals surface area contributed by atoms with Crippen LogP contribution in [0.15, 0.2) is 41.7 Å². The standard InChI is InChI=1S/C22H28O3/c1-21(2,3)17-11-14(12-18(20(17)24)22(4,5)6)10-15-8-9-16(25-7)13-19(15)23/h8-13,24H,1-7H3/b15-10+. The molecule has 0 atom stereocenters. The van der Waals surface area contributed by atoms with E-state index in [0.29, 0.717) is 17.1 Å². The van der Waals surface area contributed by atoms with Crippen molar-refractivity contribution in [2.24, 2.45) is 0 Å². The number of hydrogen-bond donors (Lipinski definition) is 1. The van der Waals surface area contributed by atoms with Crippen molar-refractivity contribution in [1.82, 2.24) is 0 Å². The van der Waals surface area contributed by atoms with Gasteiger partial charge in [-0.15, -0.1) is 0 Å². The Morgan fingerprint density at radius 1 is 0.960 bits per heavy atom. The Hall–Kier alpha value is -2.29. The van der Waals surface area contributed by atoms with E-state index in [2.05, 4.69) is 41.5 Å². The van der Waals surface area contributed by atoms with Gasteiger partial charge in [-0.3, -0.25) is 4.79 Å². The number of benzene rings is 1. The van der Waals surface area contributed by atoms with Gasteiger partial charge in [-0.2, -0.15) is 0 Å². The van der Waals surface area contributed by atoms with Gasteiger partial charge in [0.05, 0.1) is 7.11 Å². The fourth-order valence-corrected chi connectivity index (χ4v) is 2.82. The molecule has 0 radical (unpaired) electrons. The molecule has 1 aromatic carbocycles. The normalized spacial score (nSPS) is 17.0. The van der Waals surface area contributed by atoms with E-state index in [1.54, 1.807) is 19.3 Å². The van der Waals surface area contributed by atoms with Crippen molar-refractivity contribution in [3.8, 4) is 5.75 Å². The third kappa shape index (κ3) is 4.22. The molecular weight excluding hydrogens is 312 g/mol. The van der Waals surface area contributed by atoms with E-state index in [0.717, 1.165) is 16.7 Å². The highest BCUT2D eigenvalue weighted by Gasteiger charge is 2.26. The first-order valence-electron chi connectivity index (χ1n) is 8.51. The van der Waals surface area contributed by atoms with E-state index >= 15 is 0 Å². The molecule has 0 fully saturated rings. The third-order valence-corrected chi connectivity index (χ3v) is 4.29. The average molecular weight is 340 g/mol. The lowest BCUT2D eigenvalue weighted by atomic mass is 9.78. The van der Waals surface area contributed by atoms with Gasteiger partial charge in [0.1, 0.15) is 11.5 Å². The molecule has 25 heavy (non-hydrogen) atoms. The number of ketones is 1. The highest BCUT2D eigenvalue weighted by molar-refractivity contribution is 6.10. The number of phenolic OH excluding ortho intramolecular Hbond substituents is 1. The number of hydrogen-bond acceptors (Lipinski definition) is 3. The molecule has 134 valence electrons. The minimum Gasteiger partial charge on any atom is -0.507 e. The lowest BCUT2D eigenvalue weighted by molar-refractivity contribution is -0.111. The molecule has 3 nitrogen and oxygen atoms in total. The Bertz CT molecular complexity index is 743.